The van der Waals surface area contributed by atoms with Crippen molar-refractivity contribution in [3.8, 4) is 17.2 Å². The van der Waals surface area contributed by atoms with E-state index in [0.717, 1.165) is 16.9 Å². The minimum Gasteiger partial charge on any atom is -0.493 e. The van der Waals surface area contributed by atoms with Crippen LogP contribution >= 0.6 is 0 Å². The third-order valence-electron chi connectivity index (χ3n) is 4.00. The zero-order valence-electron chi connectivity index (χ0n) is 15.9. The molecule has 2 aromatic rings. The summed E-state index contributed by atoms with van der Waals surface area (Å²) in [5.41, 5.74) is 2.12. The van der Waals surface area contributed by atoms with Crippen molar-refractivity contribution in [1.29, 1.82) is 0 Å². The van der Waals surface area contributed by atoms with Gasteiger partial charge in [-0.1, -0.05) is 31.2 Å². The number of hydrogen-bond acceptors (Lipinski definition) is 4. The summed E-state index contributed by atoms with van der Waals surface area (Å²) in [6.07, 6.45) is 0.0637. The lowest BCUT2D eigenvalue weighted by molar-refractivity contribution is -0.128. The summed E-state index contributed by atoms with van der Waals surface area (Å²) in [6, 6.07) is 13.4. The van der Waals surface area contributed by atoms with E-state index in [1.807, 2.05) is 63.2 Å². The lowest BCUT2D eigenvalue weighted by Crippen LogP contribution is -2.39. The van der Waals surface area contributed by atoms with Crippen molar-refractivity contribution in [2.45, 2.75) is 33.3 Å². The summed E-state index contributed by atoms with van der Waals surface area (Å²) in [7, 11) is 1.60. The lowest BCUT2D eigenvalue weighted by atomic mass is 10.1. The van der Waals surface area contributed by atoms with Gasteiger partial charge in [0.15, 0.2) is 17.6 Å². The summed E-state index contributed by atoms with van der Waals surface area (Å²) >= 11 is 0. The number of benzene rings is 2. The molecule has 0 aliphatic rings. The molecule has 140 valence electrons. The van der Waals surface area contributed by atoms with Gasteiger partial charge in [0.05, 0.1) is 13.7 Å². The fraction of sp³-hybridized carbons (Fsp3) is 0.381. The van der Waals surface area contributed by atoms with Gasteiger partial charge in [-0.15, -0.1) is 0 Å². The zero-order valence-corrected chi connectivity index (χ0v) is 15.9. The molecule has 0 aromatic heterocycles. The molecule has 26 heavy (non-hydrogen) atoms. The van der Waals surface area contributed by atoms with E-state index >= 15 is 0 Å². The number of carbonyl (C=O) groups is 1. The molecule has 2 rings (SSSR count). The number of para-hydroxylation sites is 2. The maximum atomic E-state index is 12.4. The molecule has 1 atom stereocenters. The van der Waals surface area contributed by atoms with Gasteiger partial charge in [0, 0.05) is 0 Å². The molecule has 0 saturated heterocycles. The van der Waals surface area contributed by atoms with E-state index < -0.39 is 6.10 Å². The van der Waals surface area contributed by atoms with E-state index in [1.165, 1.54) is 0 Å². The molecule has 5 nitrogen and oxygen atoms in total. The molecule has 0 aliphatic carbocycles. The number of carbonyl (C=O) groups excluding carboxylic acids is 1. The van der Waals surface area contributed by atoms with Crippen LogP contribution in [0.3, 0.4) is 0 Å². The first kappa shape index (κ1) is 19.6. The van der Waals surface area contributed by atoms with Crippen molar-refractivity contribution in [2.24, 2.45) is 0 Å². The molecular weight excluding hydrogens is 330 g/mol. The molecule has 0 heterocycles. The average molecular weight is 357 g/mol. The first-order chi connectivity index (χ1) is 12.5. The predicted molar refractivity (Wildman–Crippen MR) is 102 cm³/mol. The second-order valence-electron chi connectivity index (χ2n) is 6.07. The van der Waals surface area contributed by atoms with E-state index in [9.17, 15) is 4.79 Å². The quantitative estimate of drug-likeness (QED) is 0.696. The fourth-order valence-electron chi connectivity index (χ4n) is 2.50. The second kappa shape index (κ2) is 9.70. The SMILES string of the molecule is CC[C@H](Oc1cc(C)ccc1C)C(=O)NCCOc1ccccc1OC. The molecular formula is C21H27NO4. The molecule has 1 amide bonds. The smallest absolute Gasteiger partial charge is 0.261 e. The molecule has 2 aromatic carbocycles. The van der Waals surface area contributed by atoms with Crippen molar-refractivity contribution in [3.05, 3.63) is 53.6 Å². The van der Waals surface area contributed by atoms with Crippen molar-refractivity contribution in [1.82, 2.24) is 5.32 Å². The van der Waals surface area contributed by atoms with Crippen LogP contribution in [-0.4, -0.2) is 32.3 Å². The summed E-state index contributed by atoms with van der Waals surface area (Å²) < 4.78 is 16.8. The van der Waals surface area contributed by atoms with Crippen LogP contribution in [0, 0.1) is 13.8 Å². The summed E-state index contributed by atoms with van der Waals surface area (Å²) in [5, 5.41) is 2.87. The first-order valence-electron chi connectivity index (χ1n) is 8.82. The third kappa shape index (κ3) is 5.41. The number of methoxy groups -OCH3 is 1. The Bertz CT molecular complexity index is 730. The van der Waals surface area contributed by atoms with Crippen molar-refractivity contribution in [2.75, 3.05) is 20.3 Å². The summed E-state index contributed by atoms with van der Waals surface area (Å²) in [4.78, 5) is 12.4. The second-order valence-corrected chi connectivity index (χ2v) is 6.07. The largest absolute Gasteiger partial charge is 0.493 e. The summed E-state index contributed by atoms with van der Waals surface area (Å²) in [6.45, 7) is 6.65. The van der Waals surface area contributed by atoms with Crippen LogP contribution in [0.4, 0.5) is 0 Å². The maximum Gasteiger partial charge on any atom is 0.261 e. The standard InChI is InChI=1S/C21H27NO4/c1-5-17(26-20-14-15(2)10-11-16(20)3)21(23)22-12-13-25-19-9-7-6-8-18(19)24-4/h6-11,14,17H,5,12-13H2,1-4H3,(H,22,23)/t17-/m0/s1. The van der Waals surface area contributed by atoms with Gasteiger partial charge in [-0.05, 0) is 49.6 Å². The van der Waals surface area contributed by atoms with Crippen LogP contribution in [0.15, 0.2) is 42.5 Å². The molecule has 0 bridgehead atoms. The van der Waals surface area contributed by atoms with Crippen LogP contribution in [-0.2, 0) is 4.79 Å². The number of hydrogen-bond donors (Lipinski definition) is 1. The number of nitrogens with one attached hydrogen (secondary N) is 1. The van der Waals surface area contributed by atoms with Gasteiger partial charge >= 0.3 is 0 Å². The van der Waals surface area contributed by atoms with Crippen LogP contribution in [0.2, 0.25) is 0 Å². The van der Waals surface area contributed by atoms with Crippen molar-refractivity contribution in [3.63, 3.8) is 0 Å². The molecule has 5 heteroatoms. The predicted octanol–water partition coefficient (Wildman–Crippen LogP) is 3.66. The van der Waals surface area contributed by atoms with Gasteiger partial charge in [0.1, 0.15) is 12.4 Å². The normalized spacial score (nSPS) is 11.5. The van der Waals surface area contributed by atoms with Gasteiger partial charge in [0.2, 0.25) is 0 Å². The fourth-order valence-corrected chi connectivity index (χ4v) is 2.50. The number of rotatable bonds is 9. The van der Waals surface area contributed by atoms with E-state index in [-0.39, 0.29) is 5.91 Å². The van der Waals surface area contributed by atoms with Gasteiger partial charge in [0.25, 0.3) is 5.91 Å². The third-order valence-corrected chi connectivity index (χ3v) is 4.00. The molecule has 0 unspecified atom stereocenters. The lowest BCUT2D eigenvalue weighted by Gasteiger charge is -2.19. The van der Waals surface area contributed by atoms with E-state index in [0.29, 0.717) is 31.1 Å². The first-order valence-corrected chi connectivity index (χ1v) is 8.82. The molecule has 0 radical (unpaired) electrons. The highest BCUT2D eigenvalue weighted by molar-refractivity contribution is 5.81. The Morgan fingerprint density at radius 3 is 2.50 bits per heavy atom. The highest BCUT2D eigenvalue weighted by atomic mass is 16.5. The Morgan fingerprint density at radius 2 is 1.81 bits per heavy atom. The monoisotopic (exact) mass is 357 g/mol. The Morgan fingerprint density at radius 1 is 1.08 bits per heavy atom. The van der Waals surface area contributed by atoms with Gasteiger partial charge in [-0.2, -0.15) is 0 Å². The number of aryl methyl sites for hydroxylation is 2. The Kier molecular flexibility index (Phi) is 7.33. The van der Waals surface area contributed by atoms with E-state index in [1.54, 1.807) is 7.11 Å². The molecule has 0 fully saturated rings. The highest BCUT2D eigenvalue weighted by Crippen LogP contribution is 2.25. The zero-order chi connectivity index (χ0) is 18.9. The van der Waals surface area contributed by atoms with E-state index in [4.69, 9.17) is 14.2 Å². The highest BCUT2D eigenvalue weighted by Gasteiger charge is 2.19. The number of amides is 1. The van der Waals surface area contributed by atoms with Gasteiger partial charge in [-0.3, -0.25) is 4.79 Å². The Balaban J connectivity index is 1.84. The maximum absolute atomic E-state index is 12.4. The summed E-state index contributed by atoms with van der Waals surface area (Å²) in [5.74, 6) is 1.93. The van der Waals surface area contributed by atoms with Gasteiger partial charge < -0.3 is 19.5 Å². The van der Waals surface area contributed by atoms with E-state index in [2.05, 4.69) is 5.32 Å². The Hall–Kier alpha value is -2.69. The molecule has 0 aliphatic heterocycles. The number of ether oxygens (including phenoxy) is 3. The van der Waals surface area contributed by atoms with Gasteiger partial charge in [-0.25, -0.2) is 0 Å². The van der Waals surface area contributed by atoms with Crippen molar-refractivity contribution >= 4 is 5.91 Å². The average Bonchev–Trinajstić information content (AvgIpc) is 2.65. The van der Waals surface area contributed by atoms with Crippen LogP contribution in [0.5, 0.6) is 17.2 Å². The van der Waals surface area contributed by atoms with Crippen LogP contribution in [0.25, 0.3) is 0 Å². The minimum absolute atomic E-state index is 0.142. The minimum atomic E-state index is -0.526. The topological polar surface area (TPSA) is 56.8 Å². The Labute approximate surface area is 155 Å². The van der Waals surface area contributed by atoms with Crippen molar-refractivity contribution < 1.29 is 19.0 Å². The van der Waals surface area contributed by atoms with Crippen LogP contribution < -0.4 is 19.5 Å². The van der Waals surface area contributed by atoms with Crippen LogP contribution in [0.1, 0.15) is 24.5 Å². The molecule has 1 N–H and O–H groups in total. The molecule has 0 saturated carbocycles. The molecule has 0 spiro atoms.